The molecule has 0 aromatic rings. The first-order chi connectivity index (χ1) is 6.47. The summed E-state index contributed by atoms with van der Waals surface area (Å²) in [5.74, 6) is 0. The molecule has 0 aromatic heterocycles. The zero-order valence-electron chi connectivity index (χ0n) is 10.1. The summed E-state index contributed by atoms with van der Waals surface area (Å²) in [6.07, 6.45) is 9.03. The number of hydrogen-bond acceptors (Lipinski definition) is 1. The molecule has 0 radical (unpaired) electrons. The lowest BCUT2D eigenvalue weighted by Gasteiger charge is -2.28. The molecule has 1 nitrogen and oxygen atoms in total. The van der Waals surface area contributed by atoms with Gasteiger partial charge in [0.15, 0.2) is 0 Å². The van der Waals surface area contributed by atoms with Crippen LogP contribution in [0.15, 0.2) is 11.6 Å². The van der Waals surface area contributed by atoms with E-state index in [-0.39, 0.29) is 5.60 Å². The van der Waals surface area contributed by atoms with Crippen LogP contribution in [0.5, 0.6) is 0 Å². The average molecular weight is 196 g/mol. The summed E-state index contributed by atoms with van der Waals surface area (Å²) in [5, 5.41) is 0. The zero-order valence-corrected chi connectivity index (χ0v) is 10.1. The molecule has 1 aliphatic rings. The van der Waals surface area contributed by atoms with Gasteiger partial charge in [-0.2, -0.15) is 0 Å². The van der Waals surface area contributed by atoms with Crippen molar-refractivity contribution in [3.8, 4) is 0 Å². The van der Waals surface area contributed by atoms with E-state index < -0.39 is 0 Å². The van der Waals surface area contributed by atoms with E-state index in [4.69, 9.17) is 4.74 Å². The van der Waals surface area contributed by atoms with Gasteiger partial charge in [0.2, 0.25) is 0 Å². The van der Waals surface area contributed by atoms with E-state index in [9.17, 15) is 0 Å². The number of allylic oxidation sites excluding steroid dienone is 1. The molecule has 1 aliphatic carbocycles. The lowest BCUT2D eigenvalue weighted by Crippen LogP contribution is -2.27. The zero-order chi connectivity index (χ0) is 10.6. The molecule has 82 valence electrons. The first-order valence-corrected chi connectivity index (χ1v) is 5.81. The van der Waals surface area contributed by atoms with Crippen molar-refractivity contribution in [2.24, 2.45) is 0 Å². The van der Waals surface area contributed by atoms with Crippen LogP contribution in [0.1, 0.15) is 59.8 Å². The van der Waals surface area contributed by atoms with Crippen LogP contribution in [0.25, 0.3) is 0 Å². The van der Waals surface area contributed by atoms with Crippen molar-refractivity contribution in [2.45, 2.75) is 71.5 Å². The SMILES string of the molecule is CC1=CCC(OC(C)(C)C)CCCC1. The highest BCUT2D eigenvalue weighted by Crippen LogP contribution is 2.22. The smallest absolute Gasteiger partial charge is 0.0616 e. The van der Waals surface area contributed by atoms with E-state index in [1.807, 2.05) is 0 Å². The Morgan fingerprint density at radius 2 is 2.00 bits per heavy atom. The van der Waals surface area contributed by atoms with Crippen LogP contribution >= 0.6 is 0 Å². The van der Waals surface area contributed by atoms with Gasteiger partial charge in [0.1, 0.15) is 0 Å². The Morgan fingerprint density at radius 3 is 2.64 bits per heavy atom. The van der Waals surface area contributed by atoms with E-state index in [2.05, 4.69) is 33.8 Å². The largest absolute Gasteiger partial charge is 0.372 e. The Balaban J connectivity index is 2.48. The van der Waals surface area contributed by atoms with Gasteiger partial charge in [-0.05, 0) is 53.4 Å². The summed E-state index contributed by atoms with van der Waals surface area (Å²) in [4.78, 5) is 0. The minimum Gasteiger partial charge on any atom is -0.372 e. The van der Waals surface area contributed by atoms with E-state index in [0.29, 0.717) is 6.10 Å². The first-order valence-electron chi connectivity index (χ1n) is 5.81. The summed E-state index contributed by atoms with van der Waals surface area (Å²) >= 11 is 0. The van der Waals surface area contributed by atoms with Gasteiger partial charge in [0.05, 0.1) is 11.7 Å². The molecule has 0 amide bonds. The molecule has 1 heteroatoms. The second-order valence-electron chi connectivity index (χ2n) is 5.38. The fourth-order valence-corrected chi connectivity index (χ4v) is 1.94. The summed E-state index contributed by atoms with van der Waals surface area (Å²) < 4.78 is 6.02. The molecule has 0 bridgehead atoms. The van der Waals surface area contributed by atoms with Crippen molar-refractivity contribution in [1.29, 1.82) is 0 Å². The Morgan fingerprint density at radius 1 is 1.29 bits per heavy atom. The molecular weight excluding hydrogens is 172 g/mol. The van der Waals surface area contributed by atoms with Crippen molar-refractivity contribution in [1.82, 2.24) is 0 Å². The van der Waals surface area contributed by atoms with Crippen molar-refractivity contribution in [3.05, 3.63) is 11.6 Å². The minimum absolute atomic E-state index is 0.00556. The van der Waals surface area contributed by atoms with Gasteiger partial charge in [-0.1, -0.05) is 18.1 Å². The van der Waals surface area contributed by atoms with E-state index in [1.54, 1.807) is 0 Å². The third kappa shape index (κ3) is 4.80. The third-order valence-corrected chi connectivity index (χ3v) is 2.60. The predicted octanol–water partition coefficient (Wildman–Crippen LogP) is 4.08. The van der Waals surface area contributed by atoms with Gasteiger partial charge in [-0.25, -0.2) is 0 Å². The maximum absolute atomic E-state index is 6.02. The van der Waals surface area contributed by atoms with Gasteiger partial charge < -0.3 is 4.74 Å². The molecule has 0 saturated heterocycles. The highest BCUT2D eigenvalue weighted by atomic mass is 16.5. The van der Waals surface area contributed by atoms with Crippen molar-refractivity contribution in [3.63, 3.8) is 0 Å². The van der Waals surface area contributed by atoms with E-state index in [0.717, 1.165) is 6.42 Å². The second kappa shape index (κ2) is 4.97. The Hall–Kier alpha value is -0.300. The van der Waals surface area contributed by atoms with Crippen molar-refractivity contribution in [2.75, 3.05) is 0 Å². The van der Waals surface area contributed by atoms with Gasteiger partial charge in [0.25, 0.3) is 0 Å². The number of ether oxygens (including phenoxy) is 1. The van der Waals surface area contributed by atoms with Gasteiger partial charge in [0, 0.05) is 0 Å². The van der Waals surface area contributed by atoms with Crippen LogP contribution in [-0.2, 0) is 4.74 Å². The molecule has 1 unspecified atom stereocenters. The number of rotatable bonds is 1. The Bertz CT molecular complexity index is 198. The van der Waals surface area contributed by atoms with Crippen LogP contribution in [0.4, 0.5) is 0 Å². The molecule has 0 saturated carbocycles. The predicted molar refractivity (Wildman–Crippen MR) is 61.5 cm³/mol. The van der Waals surface area contributed by atoms with Crippen LogP contribution in [0.3, 0.4) is 0 Å². The quantitative estimate of drug-likeness (QED) is 0.574. The Kier molecular flexibility index (Phi) is 4.18. The summed E-state index contributed by atoms with van der Waals surface area (Å²) in [6, 6.07) is 0. The summed E-state index contributed by atoms with van der Waals surface area (Å²) in [6.45, 7) is 8.66. The van der Waals surface area contributed by atoms with E-state index >= 15 is 0 Å². The molecule has 0 aromatic carbocycles. The van der Waals surface area contributed by atoms with E-state index in [1.165, 1.54) is 31.3 Å². The lowest BCUT2D eigenvalue weighted by atomic mass is 9.98. The molecule has 0 aliphatic heterocycles. The Labute approximate surface area is 88.5 Å². The van der Waals surface area contributed by atoms with Crippen LogP contribution in [0, 0.1) is 0 Å². The van der Waals surface area contributed by atoms with Crippen LogP contribution in [-0.4, -0.2) is 11.7 Å². The minimum atomic E-state index is 0.00556. The summed E-state index contributed by atoms with van der Waals surface area (Å²) in [7, 11) is 0. The van der Waals surface area contributed by atoms with Crippen molar-refractivity contribution < 1.29 is 4.74 Å². The molecule has 0 spiro atoms. The molecule has 1 rings (SSSR count). The fourth-order valence-electron chi connectivity index (χ4n) is 1.94. The van der Waals surface area contributed by atoms with Gasteiger partial charge in [-0.3, -0.25) is 0 Å². The first kappa shape index (κ1) is 11.8. The molecule has 1 atom stereocenters. The van der Waals surface area contributed by atoms with Crippen molar-refractivity contribution >= 4 is 0 Å². The molecule has 14 heavy (non-hydrogen) atoms. The second-order valence-corrected chi connectivity index (χ2v) is 5.38. The maximum Gasteiger partial charge on any atom is 0.0616 e. The normalized spacial score (nSPS) is 25.1. The number of hydrogen-bond donors (Lipinski definition) is 0. The topological polar surface area (TPSA) is 9.23 Å². The fraction of sp³-hybridized carbons (Fsp3) is 0.846. The van der Waals surface area contributed by atoms with Crippen LogP contribution in [0.2, 0.25) is 0 Å². The molecular formula is C13H24O. The molecule has 0 fully saturated rings. The molecule has 0 N–H and O–H groups in total. The monoisotopic (exact) mass is 196 g/mol. The van der Waals surface area contributed by atoms with Gasteiger partial charge >= 0.3 is 0 Å². The standard InChI is InChI=1S/C13H24O/c1-11-7-5-6-8-12(10-9-11)14-13(2,3)4/h9,12H,5-8,10H2,1-4H3. The van der Waals surface area contributed by atoms with Crippen LogP contribution < -0.4 is 0 Å². The highest BCUT2D eigenvalue weighted by Gasteiger charge is 2.18. The molecule has 0 heterocycles. The third-order valence-electron chi connectivity index (χ3n) is 2.60. The lowest BCUT2D eigenvalue weighted by molar-refractivity contribution is -0.0625. The highest BCUT2D eigenvalue weighted by molar-refractivity contribution is 5.00. The maximum atomic E-state index is 6.02. The van der Waals surface area contributed by atoms with Gasteiger partial charge in [-0.15, -0.1) is 0 Å². The average Bonchev–Trinajstić information content (AvgIpc) is 2.02. The summed E-state index contributed by atoms with van der Waals surface area (Å²) in [5.41, 5.74) is 1.54.